The molecule has 2 atom stereocenters. The molecule has 7 heteroatoms. The summed E-state index contributed by atoms with van der Waals surface area (Å²) in [6.07, 6.45) is -0.852. The average molecular weight is 283 g/mol. The number of halogens is 1. The molecular formula is C13H14FNO5. The molecule has 1 amide bonds. The van der Waals surface area contributed by atoms with Crippen LogP contribution in [-0.2, 0) is 9.59 Å². The third-order valence-electron chi connectivity index (χ3n) is 3.04. The lowest BCUT2D eigenvalue weighted by Gasteiger charge is -2.21. The third kappa shape index (κ3) is 3.24. The Balaban J connectivity index is 1.96. The highest BCUT2D eigenvalue weighted by molar-refractivity contribution is 5.85. The van der Waals surface area contributed by atoms with Crippen LogP contribution in [0.2, 0.25) is 0 Å². The number of hydrogen-bond donors (Lipinski definition) is 2. The van der Waals surface area contributed by atoms with Crippen molar-refractivity contribution in [2.24, 2.45) is 0 Å². The second-order valence-electron chi connectivity index (χ2n) is 4.54. The highest BCUT2D eigenvalue weighted by Gasteiger charge is 2.38. The van der Waals surface area contributed by atoms with Crippen molar-refractivity contribution in [1.29, 1.82) is 0 Å². The molecule has 0 spiro atoms. The first-order valence-corrected chi connectivity index (χ1v) is 6.06. The van der Waals surface area contributed by atoms with Crippen LogP contribution in [0.5, 0.6) is 5.75 Å². The molecule has 0 bridgehead atoms. The molecule has 1 aliphatic rings. The van der Waals surface area contributed by atoms with Gasteiger partial charge in [0.15, 0.2) is 6.61 Å². The second kappa shape index (κ2) is 5.87. The molecule has 0 radical (unpaired) electrons. The quantitative estimate of drug-likeness (QED) is 0.827. The molecule has 6 nitrogen and oxygen atoms in total. The Morgan fingerprint density at radius 3 is 2.85 bits per heavy atom. The van der Waals surface area contributed by atoms with Crippen LogP contribution in [0.4, 0.5) is 4.39 Å². The van der Waals surface area contributed by atoms with Crippen molar-refractivity contribution in [3.63, 3.8) is 0 Å². The van der Waals surface area contributed by atoms with Crippen LogP contribution < -0.4 is 4.74 Å². The zero-order valence-electron chi connectivity index (χ0n) is 10.5. The summed E-state index contributed by atoms with van der Waals surface area (Å²) in [6.45, 7) is -0.442. The molecule has 1 fully saturated rings. The molecule has 2 rings (SSSR count). The molecule has 108 valence electrons. The summed E-state index contributed by atoms with van der Waals surface area (Å²) in [5.41, 5.74) is 0. The molecular weight excluding hydrogens is 269 g/mol. The van der Waals surface area contributed by atoms with Gasteiger partial charge in [0.1, 0.15) is 17.6 Å². The number of aliphatic carboxylic acids is 1. The summed E-state index contributed by atoms with van der Waals surface area (Å²) in [5.74, 6) is -2.03. The number of hydrogen-bond acceptors (Lipinski definition) is 4. The summed E-state index contributed by atoms with van der Waals surface area (Å²) < 4.78 is 18.0. The second-order valence-corrected chi connectivity index (χ2v) is 4.54. The molecule has 0 aliphatic carbocycles. The largest absolute Gasteiger partial charge is 0.484 e. The lowest BCUT2D eigenvalue weighted by molar-refractivity contribution is -0.148. The number of amides is 1. The molecule has 1 aromatic rings. The minimum atomic E-state index is -1.17. The molecule has 1 heterocycles. The van der Waals surface area contributed by atoms with E-state index in [4.69, 9.17) is 9.84 Å². The summed E-state index contributed by atoms with van der Waals surface area (Å²) in [4.78, 5) is 23.9. The van der Waals surface area contributed by atoms with Gasteiger partial charge in [-0.3, -0.25) is 4.79 Å². The monoisotopic (exact) mass is 283 g/mol. The summed E-state index contributed by atoms with van der Waals surface area (Å²) in [6, 6.07) is 4.25. The predicted molar refractivity (Wildman–Crippen MR) is 65.7 cm³/mol. The zero-order chi connectivity index (χ0) is 14.7. The lowest BCUT2D eigenvalue weighted by Crippen LogP contribution is -2.42. The fourth-order valence-corrected chi connectivity index (χ4v) is 2.11. The number of rotatable bonds is 4. The number of carbonyl (C=O) groups is 2. The molecule has 1 aliphatic heterocycles. The minimum absolute atomic E-state index is 0.00103. The van der Waals surface area contributed by atoms with Gasteiger partial charge in [0, 0.05) is 19.0 Å². The van der Waals surface area contributed by atoms with E-state index in [-0.39, 0.29) is 18.7 Å². The predicted octanol–water partition coefficient (Wildman–Crippen LogP) is 0.251. The van der Waals surface area contributed by atoms with Crippen LogP contribution in [-0.4, -0.2) is 52.3 Å². The maximum absolute atomic E-state index is 12.9. The fourth-order valence-electron chi connectivity index (χ4n) is 2.11. The number of nitrogens with zero attached hydrogens (tertiary/aromatic N) is 1. The molecule has 1 saturated heterocycles. The Bertz CT molecular complexity index is 521. The number of carboxylic acids is 1. The Hall–Kier alpha value is -2.15. The van der Waals surface area contributed by atoms with Crippen LogP contribution >= 0.6 is 0 Å². The van der Waals surface area contributed by atoms with Gasteiger partial charge in [-0.1, -0.05) is 6.07 Å². The lowest BCUT2D eigenvalue weighted by atomic mass is 10.2. The maximum atomic E-state index is 12.9. The van der Waals surface area contributed by atoms with Gasteiger partial charge < -0.3 is 19.8 Å². The van der Waals surface area contributed by atoms with Crippen molar-refractivity contribution >= 4 is 11.9 Å². The Morgan fingerprint density at radius 2 is 2.20 bits per heavy atom. The fraction of sp³-hybridized carbons (Fsp3) is 0.385. The van der Waals surface area contributed by atoms with Crippen LogP contribution in [0.3, 0.4) is 0 Å². The normalized spacial score (nSPS) is 21.8. The van der Waals surface area contributed by atoms with E-state index < -0.39 is 36.4 Å². The van der Waals surface area contributed by atoms with E-state index in [1.165, 1.54) is 18.2 Å². The first kappa shape index (κ1) is 14.3. The Labute approximate surface area is 114 Å². The standard InChI is InChI=1S/C13H14FNO5/c14-8-2-1-3-10(4-8)20-7-12(17)15-6-9(16)5-11(15)13(18)19/h1-4,9,11,16H,5-7H2,(H,18,19)/t9-,11+/m1/s1. The topological polar surface area (TPSA) is 87.1 Å². The Morgan fingerprint density at radius 1 is 1.45 bits per heavy atom. The van der Waals surface area contributed by atoms with E-state index in [0.717, 1.165) is 11.0 Å². The number of β-amino-alcohol motifs (C(OH)–C–C–N with tert-alkyl or cyclic N) is 1. The average Bonchev–Trinajstić information content (AvgIpc) is 2.78. The minimum Gasteiger partial charge on any atom is -0.484 e. The summed E-state index contributed by atoms with van der Waals surface area (Å²) in [5, 5.41) is 18.4. The van der Waals surface area contributed by atoms with Gasteiger partial charge in [0.25, 0.3) is 5.91 Å². The van der Waals surface area contributed by atoms with E-state index in [9.17, 15) is 19.1 Å². The van der Waals surface area contributed by atoms with Crippen LogP contribution in [0.1, 0.15) is 6.42 Å². The van der Waals surface area contributed by atoms with Gasteiger partial charge >= 0.3 is 5.97 Å². The first-order valence-electron chi connectivity index (χ1n) is 6.06. The van der Waals surface area contributed by atoms with Crippen molar-refractivity contribution in [2.45, 2.75) is 18.6 Å². The highest BCUT2D eigenvalue weighted by Crippen LogP contribution is 2.19. The van der Waals surface area contributed by atoms with Crippen LogP contribution in [0.25, 0.3) is 0 Å². The van der Waals surface area contributed by atoms with Gasteiger partial charge in [-0.25, -0.2) is 9.18 Å². The molecule has 1 aromatic carbocycles. The van der Waals surface area contributed by atoms with E-state index in [0.29, 0.717) is 0 Å². The number of benzene rings is 1. The number of aliphatic hydroxyl groups is 1. The van der Waals surface area contributed by atoms with Gasteiger partial charge in [-0.15, -0.1) is 0 Å². The van der Waals surface area contributed by atoms with E-state index in [2.05, 4.69) is 0 Å². The van der Waals surface area contributed by atoms with Crippen molar-refractivity contribution < 1.29 is 28.9 Å². The summed E-state index contributed by atoms with van der Waals surface area (Å²) >= 11 is 0. The van der Waals surface area contributed by atoms with E-state index in [1.807, 2.05) is 0 Å². The van der Waals surface area contributed by atoms with Gasteiger partial charge in [-0.05, 0) is 12.1 Å². The SMILES string of the molecule is O=C(O)[C@@H]1C[C@@H](O)CN1C(=O)COc1cccc(F)c1. The highest BCUT2D eigenvalue weighted by atomic mass is 19.1. The van der Waals surface area contributed by atoms with Crippen LogP contribution in [0.15, 0.2) is 24.3 Å². The molecule has 2 N–H and O–H groups in total. The number of carboxylic acid groups (broad SMARTS) is 1. The van der Waals surface area contributed by atoms with Crippen molar-refractivity contribution in [2.75, 3.05) is 13.2 Å². The number of likely N-dealkylation sites (tertiary alicyclic amines) is 1. The van der Waals surface area contributed by atoms with Crippen molar-refractivity contribution in [3.8, 4) is 5.75 Å². The number of carbonyl (C=O) groups excluding carboxylic acids is 1. The van der Waals surface area contributed by atoms with E-state index in [1.54, 1.807) is 0 Å². The Kier molecular flexibility index (Phi) is 4.19. The van der Waals surface area contributed by atoms with Gasteiger partial charge in [0.05, 0.1) is 6.10 Å². The number of ether oxygens (including phenoxy) is 1. The summed E-state index contributed by atoms with van der Waals surface area (Å²) in [7, 11) is 0. The van der Waals surface area contributed by atoms with Gasteiger partial charge in [-0.2, -0.15) is 0 Å². The molecule has 0 saturated carbocycles. The van der Waals surface area contributed by atoms with Crippen molar-refractivity contribution in [1.82, 2.24) is 4.90 Å². The van der Waals surface area contributed by atoms with E-state index >= 15 is 0 Å². The van der Waals surface area contributed by atoms with Gasteiger partial charge in [0.2, 0.25) is 0 Å². The molecule has 0 aromatic heterocycles. The third-order valence-corrected chi connectivity index (χ3v) is 3.04. The first-order chi connectivity index (χ1) is 9.47. The maximum Gasteiger partial charge on any atom is 0.326 e. The molecule has 20 heavy (non-hydrogen) atoms. The van der Waals surface area contributed by atoms with Crippen LogP contribution in [0, 0.1) is 5.82 Å². The smallest absolute Gasteiger partial charge is 0.326 e. The number of aliphatic hydroxyl groups excluding tert-OH is 1. The molecule has 0 unspecified atom stereocenters. The van der Waals surface area contributed by atoms with Crippen molar-refractivity contribution in [3.05, 3.63) is 30.1 Å². The zero-order valence-corrected chi connectivity index (χ0v) is 10.5.